The van der Waals surface area contributed by atoms with Gasteiger partial charge < -0.3 is 5.32 Å². The number of aromatic nitrogens is 3. The molecule has 2 aromatic rings. The van der Waals surface area contributed by atoms with Gasteiger partial charge in [0, 0.05) is 23.2 Å². The zero-order chi connectivity index (χ0) is 15.5. The van der Waals surface area contributed by atoms with Crippen LogP contribution in [0, 0.1) is 0 Å². The standard InChI is InChI=1S/C14H18N4OS2/c1-14(2,3)10-8-21-11(18-10)7-15-12(19)9-5-16-13(20-4)17-6-9/h5-6,8H,7H2,1-4H3,(H,15,19). The Morgan fingerprint density at radius 3 is 2.52 bits per heavy atom. The molecule has 21 heavy (non-hydrogen) atoms. The van der Waals surface area contributed by atoms with E-state index in [0.717, 1.165) is 10.7 Å². The van der Waals surface area contributed by atoms with Crippen molar-refractivity contribution in [2.24, 2.45) is 0 Å². The van der Waals surface area contributed by atoms with Gasteiger partial charge in [-0.1, -0.05) is 32.5 Å². The first-order valence-electron chi connectivity index (χ1n) is 6.49. The van der Waals surface area contributed by atoms with E-state index in [1.165, 1.54) is 24.2 Å². The van der Waals surface area contributed by atoms with Crippen molar-refractivity contribution in [1.82, 2.24) is 20.3 Å². The second kappa shape index (κ2) is 6.53. The van der Waals surface area contributed by atoms with Crippen molar-refractivity contribution in [2.45, 2.75) is 37.9 Å². The summed E-state index contributed by atoms with van der Waals surface area (Å²) in [6, 6.07) is 0. The molecular formula is C14H18N4OS2. The summed E-state index contributed by atoms with van der Waals surface area (Å²) >= 11 is 3.00. The van der Waals surface area contributed by atoms with Crippen LogP contribution in [0.5, 0.6) is 0 Å². The van der Waals surface area contributed by atoms with Gasteiger partial charge in [0.25, 0.3) is 5.91 Å². The number of hydrogen-bond donors (Lipinski definition) is 1. The van der Waals surface area contributed by atoms with Crippen molar-refractivity contribution in [3.8, 4) is 0 Å². The first-order valence-corrected chi connectivity index (χ1v) is 8.59. The van der Waals surface area contributed by atoms with Gasteiger partial charge in [-0.15, -0.1) is 11.3 Å². The molecule has 0 aliphatic rings. The lowest BCUT2D eigenvalue weighted by molar-refractivity contribution is 0.0950. The van der Waals surface area contributed by atoms with Gasteiger partial charge in [0.1, 0.15) is 5.01 Å². The molecule has 0 saturated carbocycles. The van der Waals surface area contributed by atoms with Gasteiger partial charge >= 0.3 is 0 Å². The molecule has 0 bridgehead atoms. The van der Waals surface area contributed by atoms with Gasteiger partial charge in [-0.05, 0) is 6.26 Å². The Morgan fingerprint density at radius 2 is 2.00 bits per heavy atom. The van der Waals surface area contributed by atoms with Crippen molar-refractivity contribution in [3.63, 3.8) is 0 Å². The summed E-state index contributed by atoms with van der Waals surface area (Å²) in [5.74, 6) is -0.185. The molecular weight excluding hydrogens is 304 g/mol. The van der Waals surface area contributed by atoms with Gasteiger partial charge in [0.15, 0.2) is 5.16 Å². The van der Waals surface area contributed by atoms with Crippen LogP contribution in [-0.2, 0) is 12.0 Å². The van der Waals surface area contributed by atoms with Crippen molar-refractivity contribution >= 4 is 29.0 Å². The van der Waals surface area contributed by atoms with Crippen LogP contribution in [0.25, 0.3) is 0 Å². The monoisotopic (exact) mass is 322 g/mol. The quantitative estimate of drug-likeness (QED) is 0.692. The predicted octanol–water partition coefficient (Wildman–Crippen LogP) is 2.88. The summed E-state index contributed by atoms with van der Waals surface area (Å²) in [5, 5.41) is 6.43. The second-order valence-corrected chi connectivity index (χ2v) is 7.23. The zero-order valence-corrected chi connectivity index (χ0v) is 14.1. The molecule has 0 fully saturated rings. The summed E-state index contributed by atoms with van der Waals surface area (Å²) in [6.45, 7) is 6.78. The third kappa shape index (κ3) is 4.25. The molecule has 0 aromatic carbocycles. The maximum atomic E-state index is 12.0. The molecule has 0 atom stereocenters. The number of hydrogen-bond acceptors (Lipinski definition) is 6. The topological polar surface area (TPSA) is 67.8 Å². The normalized spacial score (nSPS) is 11.4. The van der Waals surface area contributed by atoms with E-state index in [1.807, 2.05) is 11.6 Å². The fourth-order valence-electron chi connectivity index (χ4n) is 1.53. The third-order valence-electron chi connectivity index (χ3n) is 2.79. The Hall–Kier alpha value is -1.47. The second-order valence-electron chi connectivity index (χ2n) is 5.52. The molecule has 2 rings (SSSR count). The number of nitrogens with one attached hydrogen (secondary N) is 1. The Labute approximate surface area is 132 Å². The SMILES string of the molecule is CSc1ncc(C(=O)NCc2nc(C(C)(C)C)cs2)cn1. The van der Waals surface area contributed by atoms with Crippen molar-refractivity contribution in [1.29, 1.82) is 0 Å². The highest BCUT2D eigenvalue weighted by molar-refractivity contribution is 7.98. The van der Waals surface area contributed by atoms with Crippen LogP contribution in [-0.4, -0.2) is 27.1 Å². The first-order chi connectivity index (χ1) is 9.90. The van der Waals surface area contributed by atoms with E-state index in [1.54, 1.807) is 11.3 Å². The number of amides is 1. The number of carbonyl (C=O) groups is 1. The highest BCUT2D eigenvalue weighted by atomic mass is 32.2. The van der Waals surface area contributed by atoms with E-state index in [2.05, 4.69) is 41.0 Å². The molecule has 2 aromatic heterocycles. The lowest BCUT2D eigenvalue weighted by atomic mass is 9.93. The maximum Gasteiger partial charge on any atom is 0.254 e. The number of thiazole rings is 1. The van der Waals surface area contributed by atoms with Crippen LogP contribution < -0.4 is 5.32 Å². The Balaban J connectivity index is 1.95. The van der Waals surface area contributed by atoms with E-state index >= 15 is 0 Å². The highest BCUT2D eigenvalue weighted by Crippen LogP contribution is 2.23. The minimum Gasteiger partial charge on any atom is -0.345 e. The highest BCUT2D eigenvalue weighted by Gasteiger charge is 2.17. The summed E-state index contributed by atoms with van der Waals surface area (Å²) in [7, 11) is 0. The Kier molecular flexibility index (Phi) is 4.95. The average Bonchev–Trinajstić information content (AvgIpc) is 2.94. The largest absolute Gasteiger partial charge is 0.345 e. The summed E-state index contributed by atoms with van der Waals surface area (Å²) < 4.78 is 0. The molecule has 0 aliphatic heterocycles. The van der Waals surface area contributed by atoms with E-state index in [0.29, 0.717) is 17.3 Å². The van der Waals surface area contributed by atoms with Gasteiger partial charge in [-0.3, -0.25) is 4.79 Å². The molecule has 1 N–H and O–H groups in total. The Morgan fingerprint density at radius 1 is 1.33 bits per heavy atom. The van der Waals surface area contributed by atoms with Crippen LogP contribution in [0.4, 0.5) is 0 Å². The molecule has 1 amide bonds. The summed E-state index contributed by atoms with van der Waals surface area (Å²) in [6.07, 6.45) is 4.97. The molecule has 0 aliphatic carbocycles. The van der Waals surface area contributed by atoms with Crippen LogP contribution in [0.3, 0.4) is 0 Å². The molecule has 5 nitrogen and oxygen atoms in total. The summed E-state index contributed by atoms with van der Waals surface area (Å²) in [5.41, 5.74) is 1.53. The Bertz CT molecular complexity index is 617. The fourth-order valence-corrected chi connectivity index (χ4v) is 2.81. The fraction of sp³-hybridized carbons (Fsp3) is 0.429. The number of nitrogens with zero attached hydrogens (tertiary/aromatic N) is 3. The number of rotatable bonds is 4. The molecule has 7 heteroatoms. The zero-order valence-electron chi connectivity index (χ0n) is 12.5. The molecule has 0 spiro atoms. The van der Waals surface area contributed by atoms with Crippen LogP contribution >= 0.6 is 23.1 Å². The van der Waals surface area contributed by atoms with Crippen LogP contribution in [0.2, 0.25) is 0 Å². The first kappa shape index (κ1) is 15.9. The van der Waals surface area contributed by atoms with Crippen LogP contribution in [0.1, 0.15) is 41.8 Å². The molecule has 112 valence electrons. The lowest BCUT2D eigenvalue weighted by Crippen LogP contribution is -2.23. The maximum absolute atomic E-state index is 12.0. The predicted molar refractivity (Wildman–Crippen MR) is 85.8 cm³/mol. The lowest BCUT2D eigenvalue weighted by Gasteiger charge is -2.14. The smallest absolute Gasteiger partial charge is 0.254 e. The molecule has 2 heterocycles. The number of carbonyl (C=O) groups excluding carboxylic acids is 1. The molecule has 0 radical (unpaired) electrons. The van der Waals surface area contributed by atoms with E-state index < -0.39 is 0 Å². The molecule has 0 saturated heterocycles. The average molecular weight is 322 g/mol. The third-order valence-corrected chi connectivity index (χ3v) is 4.22. The van der Waals surface area contributed by atoms with Crippen molar-refractivity contribution in [3.05, 3.63) is 34.0 Å². The minimum absolute atomic E-state index is 0.0280. The van der Waals surface area contributed by atoms with Gasteiger partial charge in [-0.2, -0.15) is 0 Å². The van der Waals surface area contributed by atoms with E-state index in [-0.39, 0.29) is 11.3 Å². The van der Waals surface area contributed by atoms with Crippen LogP contribution in [0.15, 0.2) is 22.9 Å². The molecule has 0 unspecified atom stereocenters. The van der Waals surface area contributed by atoms with Crippen molar-refractivity contribution in [2.75, 3.05) is 6.26 Å². The van der Waals surface area contributed by atoms with E-state index in [9.17, 15) is 4.79 Å². The van der Waals surface area contributed by atoms with E-state index in [4.69, 9.17) is 0 Å². The van der Waals surface area contributed by atoms with Gasteiger partial charge in [0.05, 0.1) is 17.8 Å². The number of thioether (sulfide) groups is 1. The summed E-state index contributed by atoms with van der Waals surface area (Å²) in [4.78, 5) is 24.7. The van der Waals surface area contributed by atoms with Gasteiger partial charge in [0.2, 0.25) is 0 Å². The minimum atomic E-state index is -0.185. The van der Waals surface area contributed by atoms with Crippen molar-refractivity contribution < 1.29 is 4.79 Å². The van der Waals surface area contributed by atoms with Gasteiger partial charge in [-0.25, -0.2) is 15.0 Å².